The summed E-state index contributed by atoms with van der Waals surface area (Å²) in [5.74, 6) is 4.45. The molecule has 0 bridgehead atoms. The molecule has 0 saturated heterocycles. The number of rotatable bonds is 6. The summed E-state index contributed by atoms with van der Waals surface area (Å²) in [5, 5.41) is 0. The van der Waals surface area contributed by atoms with Crippen LogP contribution in [0, 0.1) is 13.8 Å². The van der Waals surface area contributed by atoms with Crippen LogP contribution in [0.25, 0.3) is 0 Å². The van der Waals surface area contributed by atoms with E-state index < -0.39 is 0 Å². The van der Waals surface area contributed by atoms with Gasteiger partial charge in [-0.05, 0) is 132 Å². The molecule has 0 nitrogen and oxygen atoms in total. The van der Waals surface area contributed by atoms with E-state index in [9.17, 15) is 0 Å². The quantitative estimate of drug-likeness (QED) is 0.332. The molecule has 228 valence electrons. The highest BCUT2D eigenvalue weighted by Gasteiger charge is 2.26. The highest BCUT2D eigenvalue weighted by Crippen LogP contribution is 2.43. The third kappa shape index (κ3) is 8.30. The van der Waals surface area contributed by atoms with Crippen LogP contribution in [0.2, 0.25) is 0 Å². The molecule has 3 aliphatic rings. The van der Waals surface area contributed by atoms with Gasteiger partial charge in [-0.15, -0.1) is 0 Å². The normalized spacial score (nSPS) is 19.6. The Hall–Kier alpha value is -1.56. The van der Waals surface area contributed by atoms with E-state index in [1.165, 1.54) is 119 Å². The first-order valence-electron chi connectivity index (χ1n) is 18.0. The molecule has 0 heterocycles. The van der Waals surface area contributed by atoms with Crippen molar-refractivity contribution < 1.29 is 0 Å². The molecule has 2 aromatic rings. The molecule has 0 N–H and O–H groups in total. The monoisotopic (exact) mass is 557 g/mol. The van der Waals surface area contributed by atoms with Crippen LogP contribution >= 0.6 is 0 Å². The summed E-state index contributed by atoms with van der Waals surface area (Å²) in [4.78, 5) is 0. The Labute approximate surface area is 255 Å². The first kappa shape index (κ1) is 32.4. The number of benzene rings is 2. The molecule has 0 aliphatic heterocycles. The molecule has 41 heavy (non-hydrogen) atoms. The van der Waals surface area contributed by atoms with Crippen molar-refractivity contribution in [1.29, 1.82) is 0 Å². The molecule has 0 atom stereocenters. The third-order valence-corrected chi connectivity index (χ3v) is 11.1. The van der Waals surface area contributed by atoms with Crippen LogP contribution in [0.1, 0.15) is 218 Å². The largest absolute Gasteiger partial charge is 0.0587 e. The zero-order chi connectivity index (χ0) is 29.5. The Morgan fingerprint density at radius 3 is 1.15 bits per heavy atom. The fraction of sp³-hybridized carbons (Fsp3) is 0.707. The highest BCUT2D eigenvalue weighted by molar-refractivity contribution is 5.44. The average molecular weight is 557 g/mol. The lowest BCUT2D eigenvalue weighted by Crippen LogP contribution is -2.14. The van der Waals surface area contributed by atoms with Gasteiger partial charge in [0.15, 0.2) is 0 Å². The minimum absolute atomic E-state index is 0.621. The van der Waals surface area contributed by atoms with Gasteiger partial charge in [0.1, 0.15) is 0 Å². The lowest BCUT2D eigenvalue weighted by Gasteiger charge is -2.31. The van der Waals surface area contributed by atoms with Crippen LogP contribution < -0.4 is 0 Å². The summed E-state index contributed by atoms with van der Waals surface area (Å²) in [7, 11) is 0. The molecule has 5 rings (SSSR count). The molecular weight excluding hydrogens is 492 g/mol. The van der Waals surface area contributed by atoms with E-state index in [4.69, 9.17) is 0 Å². The minimum atomic E-state index is 0.621. The van der Waals surface area contributed by atoms with Crippen molar-refractivity contribution in [3.8, 4) is 0 Å². The van der Waals surface area contributed by atoms with Crippen LogP contribution in [0.15, 0.2) is 24.3 Å². The van der Waals surface area contributed by atoms with Crippen molar-refractivity contribution in [2.24, 2.45) is 0 Å². The van der Waals surface area contributed by atoms with Gasteiger partial charge in [-0.25, -0.2) is 0 Å². The molecule has 3 saturated carbocycles. The predicted molar refractivity (Wildman–Crippen MR) is 182 cm³/mol. The van der Waals surface area contributed by atoms with Crippen molar-refractivity contribution >= 4 is 0 Å². The summed E-state index contributed by atoms with van der Waals surface area (Å²) >= 11 is 0. The SMILES string of the molecule is Cc1c(C(C)C)cc(C(C)C)cc1C(C)C.Cc1c(C2CCCCC2)cc(C2CCCCC2)cc1C1CCCCC1. The zero-order valence-corrected chi connectivity index (χ0v) is 28.4. The second kappa shape index (κ2) is 15.3. The van der Waals surface area contributed by atoms with Gasteiger partial charge in [-0.1, -0.05) is 124 Å². The smallest absolute Gasteiger partial charge is 0.0159 e. The van der Waals surface area contributed by atoms with Crippen molar-refractivity contribution in [3.63, 3.8) is 0 Å². The van der Waals surface area contributed by atoms with Crippen LogP contribution in [-0.2, 0) is 0 Å². The van der Waals surface area contributed by atoms with Gasteiger partial charge in [0, 0.05) is 0 Å². The molecule has 3 aliphatic carbocycles. The lowest BCUT2D eigenvalue weighted by atomic mass is 9.74. The maximum atomic E-state index is 2.69. The summed E-state index contributed by atoms with van der Waals surface area (Å²) in [6.07, 6.45) is 21.8. The Bertz CT molecular complexity index is 1010. The van der Waals surface area contributed by atoms with E-state index in [0.29, 0.717) is 17.8 Å². The maximum absolute atomic E-state index is 2.69. The molecule has 0 amide bonds. The summed E-state index contributed by atoms with van der Waals surface area (Å²) in [6.45, 7) is 18.4. The molecular formula is C41H64. The predicted octanol–water partition coefficient (Wildman–Crippen LogP) is 13.5. The van der Waals surface area contributed by atoms with Gasteiger partial charge in [0.05, 0.1) is 0 Å². The van der Waals surface area contributed by atoms with Gasteiger partial charge in [0.2, 0.25) is 0 Å². The highest BCUT2D eigenvalue weighted by atomic mass is 14.3. The second-order valence-electron chi connectivity index (χ2n) is 15.1. The van der Waals surface area contributed by atoms with Crippen LogP contribution in [0.4, 0.5) is 0 Å². The molecule has 0 radical (unpaired) electrons. The summed E-state index contributed by atoms with van der Waals surface area (Å²) in [6, 6.07) is 10.2. The van der Waals surface area contributed by atoms with Crippen LogP contribution in [-0.4, -0.2) is 0 Å². The van der Waals surface area contributed by atoms with Crippen LogP contribution in [0.3, 0.4) is 0 Å². The number of hydrogen-bond acceptors (Lipinski definition) is 0. The Morgan fingerprint density at radius 2 is 0.805 bits per heavy atom. The maximum Gasteiger partial charge on any atom is -0.0159 e. The van der Waals surface area contributed by atoms with E-state index in [0.717, 1.165) is 17.8 Å². The molecule has 0 spiro atoms. The molecule has 0 aromatic heterocycles. The lowest BCUT2D eigenvalue weighted by molar-refractivity contribution is 0.425. The Morgan fingerprint density at radius 1 is 0.439 bits per heavy atom. The molecule has 2 aromatic carbocycles. The van der Waals surface area contributed by atoms with Gasteiger partial charge in [0.25, 0.3) is 0 Å². The van der Waals surface area contributed by atoms with E-state index in [1.54, 1.807) is 22.3 Å². The standard InChI is InChI=1S/C25H38.C16H26/c1-19-24(21-13-7-3-8-14-21)17-23(20-11-5-2-6-12-20)18-25(19)22-15-9-4-10-16-22;1-10(2)14-8-15(11(3)4)13(7)16(9-14)12(5)6/h17-18,20-22H,2-16H2,1H3;8-12H,1-7H3. The minimum Gasteiger partial charge on any atom is -0.0587 e. The van der Waals surface area contributed by atoms with E-state index >= 15 is 0 Å². The van der Waals surface area contributed by atoms with Gasteiger partial charge >= 0.3 is 0 Å². The van der Waals surface area contributed by atoms with Gasteiger partial charge in [-0.2, -0.15) is 0 Å². The van der Waals surface area contributed by atoms with E-state index in [2.05, 4.69) is 79.7 Å². The molecule has 3 fully saturated rings. The Kier molecular flexibility index (Phi) is 12.0. The summed E-state index contributed by atoms with van der Waals surface area (Å²) in [5.41, 5.74) is 13.0. The van der Waals surface area contributed by atoms with Gasteiger partial charge < -0.3 is 0 Å². The second-order valence-corrected chi connectivity index (χ2v) is 15.1. The molecule has 0 unspecified atom stereocenters. The van der Waals surface area contributed by atoms with Gasteiger partial charge in [-0.3, -0.25) is 0 Å². The van der Waals surface area contributed by atoms with Crippen molar-refractivity contribution in [3.05, 3.63) is 68.8 Å². The first-order chi connectivity index (χ1) is 19.7. The van der Waals surface area contributed by atoms with E-state index in [-0.39, 0.29) is 0 Å². The Balaban J connectivity index is 0.000000210. The summed E-state index contributed by atoms with van der Waals surface area (Å²) < 4.78 is 0. The van der Waals surface area contributed by atoms with Crippen molar-refractivity contribution in [1.82, 2.24) is 0 Å². The van der Waals surface area contributed by atoms with E-state index in [1.807, 2.05) is 0 Å². The fourth-order valence-corrected chi connectivity index (χ4v) is 8.45. The third-order valence-electron chi connectivity index (χ3n) is 11.1. The van der Waals surface area contributed by atoms with Crippen LogP contribution in [0.5, 0.6) is 0 Å². The van der Waals surface area contributed by atoms with Crippen molar-refractivity contribution in [2.75, 3.05) is 0 Å². The number of hydrogen-bond donors (Lipinski definition) is 0. The first-order valence-corrected chi connectivity index (χ1v) is 18.0. The zero-order valence-electron chi connectivity index (χ0n) is 28.4. The van der Waals surface area contributed by atoms with Crippen molar-refractivity contribution in [2.45, 2.75) is 187 Å². The topological polar surface area (TPSA) is 0 Å². The molecule has 0 heteroatoms. The fourth-order valence-electron chi connectivity index (χ4n) is 8.45. The average Bonchev–Trinajstić information content (AvgIpc) is 2.98.